The van der Waals surface area contributed by atoms with Gasteiger partial charge < -0.3 is 8.83 Å². The second-order valence-electron chi connectivity index (χ2n) is 7.31. The number of nitrogens with zero attached hydrogens (tertiary/aromatic N) is 4. The highest BCUT2D eigenvalue weighted by Crippen LogP contribution is 2.25. The van der Waals surface area contributed by atoms with Crippen LogP contribution in [0.2, 0.25) is 0 Å². The Morgan fingerprint density at radius 1 is 0.889 bits per heavy atom. The first-order valence-corrected chi connectivity index (χ1v) is 9.47. The molecule has 2 aromatic heterocycles. The molecule has 1 saturated heterocycles. The highest BCUT2D eigenvalue weighted by atomic mass is 16.4. The molecule has 0 saturated carbocycles. The summed E-state index contributed by atoms with van der Waals surface area (Å²) in [5.74, 6) is 2.87. The van der Waals surface area contributed by atoms with Crippen molar-refractivity contribution >= 4 is 0 Å². The first-order valence-electron chi connectivity index (χ1n) is 9.47. The number of rotatable bonds is 5. The number of hydrogen-bond acceptors (Lipinski definition) is 6. The largest absolute Gasteiger partial charge is 0.466 e. The van der Waals surface area contributed by atoms with E-state index in [0.29, 0.717) is 18.3 Å². The SMILES string of the molecule is Cc1cc(-c2nnc(CN3CCN(Cc4ccccc4C)CC3)o2)c(C)o1. The Hall–Kier alpha value is -2.44. The third-order valence-corrected chi connectivity index (χ3v) is 5.22. The van der Waals surface area contributed by atoms with E-state index in [4.69, 9.17) is 8.83 Å². The Labute approximate surface area is 159 Å². The van der Waals surface area contributed by atoms with Crippen molar-refractivity contribution in [3.63, 3.8) is 0 Å². The summed E-state index contributed by atoms with van der Waals surface area (Å²) < 4.78 is 11.4. The number of aryl methyl sites for hydroxylation is 3. The summed E-state index contributed by atoms with van der Waals surface area (Å²) in [6.07, 6.45) is 0. The van der Waals surface area contributed by atoms with Crippen LogP contribution in [0.15, 0.2) is 39.2 Å². The van der Waals surface area contributed by atoms with Gasteiger partial charge in [-0.1, -0.05) is 24.3 Å². The zero-order chi connectivity index (χ0) is 18.8. The van der Waals surface area contributed by atoms with Crippen LogP contribution >= 0.6 is 0 Å². The normalized spacial score (nSPS) is 16.1. The zero-order valence-corrected chi connectivity index (χ0v) is 16.2. The smallest absolute Gasteiger partial charge is 0.251 e. The predicted octanol–water partition coefficient (Wildman–Crippen LogP) is 3.57. The second kappa shape index (κ2) is 7.66. The van der Waals surface area contributed by atoms with Gasteiger partial charge in [0.05, 0.1) is 12.1 Å². The minimum absolute atomic E-state index is 0.539. The van der Waals surface area contributed by atoms with Crippen LogP contribution in [0.1, 0.15) is 28.5 Å². The highest BCUT2D eigenvalue weighted by Gasteiger charge is 2.20. The summed E-state index contributed by atoms with van der Waals surface area (Å²) in [7, 11) is 0. The molecular weight excluding hydrogens is 340 g/mol. The van der Waals surface area contributed by atoms with Gasteiger partial charge in [-0.05, 0) is 38.0 Å². The molecular formula is C21H26N4O2. The fraction of sp³-hybridized carbons (Fsp3) is 0.429. The molecule has 1 aromatic carbocycles. The van der Waals surface area contributed by atoms with E-state index in [1.165, 1.54) is 11.1 Å². The van der Waals surface area contributed by atoms with E-state index >= 15 is 0 Å². The lowest BCUT2D eigenvalue weighted by Gasteiger charge is -2.34. The number of hydrogen-bond donors (Lipinski definition) is 0. The molecule has 1 fully saturated rings. The average molecular weight is 366 g/mol. The molecule has 0 atom stereocenters. The maximum absolute atomic E-state index is 5.87. The summed E-state index contributed by atoms with van der Waals surface area (Å²) in [6, 6.07) is 10.6. The zero-order valence-electron chi connectivity index (χ0n) is 16.2. The lowest BCUT2D eigenvalue weighted by molar-refractivity contribution is 0.114. The molecule has 3 heterocycles. The van der Waals surface area contributed by atoms with Crippen LogP contribution in [0.3, 0.4) is 0 Å². The Balaban J connectivity index is 1.32. The van der Waals surface area contributed by atoms with E-state index in [0.717, 1.165) is 49.8 Å². The topological polar surface area (TPSA) is 58.5 Å². The van der Waals surface area contributed by atoms with Gasteiger partial charge in [-0.25, -0.2) is 0 Å². The minimum Gasteiger partial charge on any atom is -0.466 e. The van der Waals surface area contributed by atoms with Crippen LogP contribution in [0.25, 0.3) is 11.5 Å². The molecule has 6 heteroatoms. The molecule has 3 aromatic rings. The van der Waals surface area contributed by atoms with E-state index in [1.54, 1.807) is 0 Å². The molecule has 142 valence electrons. The summed E-state index contributed by atoms with van der Waals surface area (Å²) in [5, 5.41) is 8.41. The van der Waals surface area contributed by atoms with Gasteiger partial charge in [-0.3, -0.25) is 9.80 Å². The second-order valence-corrected chi connectivity index (χ2v) is 7.31. The Morgan fingerprint density at radius 3 is 2.26 bits per heavy atom. The van der Waals surface area contributed by atoms with E-state index < -0.39 is 0 Å². The maximum atomic E-state index is 5.87. The van der Waals surface area contributed by atoms with Crippen LogP contribution < -0.4 is 0 Å². The Kier molecular flexibility index (Phi) is 5.09. The van der Waals surface area contributed by atoms with Crippen molar-refractivity contribution in [2.45, 2.75) is 33.9 Å². The van der Waals surface area contributed by atoms with Crippen molar-refractivity contribution in [2.75, 3.05) is 26.2 Å². The lowest BCUT2D eigenvalue weighted by atomic mass is 10.1. The minimum atomic E-state index is 0.539. The molecule has 1 aliphatic heterocycles. The van der Waals surface area contributed by atoms with Gasteiger partial charge in [0.15, 0.2) is 0 Å². The standard InChI is InChI=1S/C21H26N4O2/c1-15-6-4-5-7-18(15)13-24-8-10-25(11-9-24)14-20-22-23-21(27-20)19-12-16(2)26-17(19)3/h4-7,12H,8-11,13-14H2,1-3H3. The molecule has 0 amide bonds. The molecule has 0 bridgehead atoms. The molecule has 0 spiro atoms. The van der Waals surface area contributed by atoms with Crippen molar-refractivity contribution in [2.24, 2.45) is 0 Å². The molecule has 0 aliphatic carbocycles. The summed E-state index contributed by atoms with van der Waals surface area (Å²) in [4.78, 5) is 4.88. The number of benzene rings is 1. The predicted molar refractivity (Wildman–Crippen MR) is 103 cm³/mol. The molecule has 1 aliphatic rings. The summed E-state index contributed by atoms with van der Waals surface area (Å²) in [6.45, 7) is 11.9. The molecule has 6 nitrogen and oxygen atoms in total. The third-order valence-electron chi connectivity index (χ3n) is 5.22. The van der Waals surface area contributed by atoms with Gasteiger partial charge in [0, 0.05) is 32.7 Å². The number of piperazine rings is 1. The highest BCUT2D eigenvalue weighted by molar-refractivity contribution is 5.55. The van der Waals surface area contributed by atoms with E-state index in [2.05, 4.69) is 51.2 Å². The first-order chi connectivity index (χ1) is 13.1. The van der Waals surface area contributed by atoms with Gasteiger partial charge in [0.2, 0.25) is 5.89 Å². The van der Waals surface area contributed by atoms with Gasteiger partial charge in [-0.2, -0.15) is 0 Å². The summed E-state index contributed by atoms with van der Waals surface area (Å²) in [5.41, 5.74) is 3.66. The fourth-order valence-electron chi connectivity index (χ4n) is 3.59. The van der Waals surface area contributed by atoms with E-state index in [9.17, 15) is 0 Å². The third kappa shape index (κ3) is 4.12. The molecule has 0 unspecified atom stereocenters. The van der Waals surface area contributed by atoms with Crippen LogP contribution in [0, 0.1) is 20.8 Å². The quantitative estimate of drug-likeness (QED) is 0.688. The molecule has 4 rings (SSSR count). The van der Waals surface area contributed by atoms with Crippen LogP contribution in [0.5, 0.6) is 0 Å². The van der Waals surface area contributed by atoms with Gasteiger partial charge in [0.1, 0.15) is 11.5 Å². The van der Waals surface area contributed by atoms with E-state index in [-0.39, 0.29) is 0 Å². The Morgan fingerprint density at radius 2 is 1.59 bits per heavy atom. The molecule has 27 heavy (non-hydrogen) atoms. The molecule has 0 N–H and O–H groups in total. The fourth-order valence-corrected chi connectivity index (χ4v) is 3.59. The van der Waals surface area contributed by atoms with Gasteiger partial charge >= 0.3 is 0 Å². The van der Waals surface area contributed by atoms with Crippen molar-refractivity contribution in [1.82, 2.24) is 20.0 Å². The van der Waals surface area contributed by atoms with Crippen LogP contribution in [-0.2, 0) is 13.1 Å². The average Bonchev–Trinajstić information content (AvgIpc) is 3.24. The number of furan rings is 1. The number of aromatic nitrogens is 2. The van der Waals surface area contributed by atoms with Crippen molar-refractivity contribution in [3.8, 4) is 11.5 Å². The van der Waals surface area contributed by atoms with Crippen molar-refractivity contribution < 1.29 is 8.83 Å². The van der Waals surface area contributed by atoms with E-state index in [1.807, 2.05) is 19.9 Å². The van der Waals surface area contributed by atoms with Crippen molar-refractivity contribution in [1.29, 1.82) is 0 Å². The van der Waals surface area contributed by atoms with Crippen LogP contribution in [0.4, 0.5) is 0 Å². The van der Waals surface area contributed by atoms with Crippen molar-refractivity contribution in [3.05, 3.63) is 58.9 Å². The van der Waals surface area contributed by atoms with Gasteiger partial charge in [0.25, 0.3) is 5.89 Å². The maximum Gasteiger partial charge on any atom is 0.251 e. The summed E-state index contributed by atoms with van der Waals surface area (Å²) >= 11 is 0. The van der Waals surface area contributed by atoms with Gasteiger partial charge in [-0.15, -0.1) is 10.2 Å². The van der Waals surface area contributed by atoms with Crippen LogP contribution in [-0.4, -0.2) is 46.2 Å². The molecule has 0 radical (unpaired) electrons. The lowest BCUT2D eigenvalue weighted by Crippen LogP contribution is -2.45. The monoisotopic (exact) mass is 366 g/mol. The Bertz CT molecular complexity index is 907. The first kappa shape index (κ1) is 17.9.